The summed E-state index contributed by atoms with van der Waals surface area (Å²) in [7, 11) is 0. The van der Waals surface area contributed by atoms with Gasteiger partial charge in [-0.25, -0.2) is 4.98 Å². The van der Waals surface area contributed by atoms with Crippen molar-refractivity contribution in [3.8, 4) is 0 Å². The first-order chi connectivity index (χ1) is 19.4. The van der Waals surface area contributed by atoms with Crippen molar-refractivity contribution in [3.63, 3.8) is 0 Å². The maximum absolute atomic E-state index is 12.9. The quantitative estimate of drug-likeness (QED) is 0.185. The fourth-order valence-electron chi connectivity index (χ4n) is 4.79. The van der Waals surface area contributed by atoms with Gasteiger partial charge < -0.3 is 25.8 Å². The molecule has 2 aromatic heterocycles. The van der Waals surface area contributed by atoms with Gasteiger partial charge in [-0.3, -0.25) is 9.59 Å². The van der Waals surface area contributed by atoms with Crippen LogP contribution >= 0.6 is 0 Å². The molecule has 206 valence electrons. The van der Waals surface area contributed by atoms with Crippen LogP contribution in [0.1, 0.15) is 62.4 Å². The van der Waals surface area contributed by atoms with E-state index in [0.29, 0.717) is 40.3 Å². The van der Waals surface area contributed by atoms with E-state index in [0.717, 1.165) is 24.2 Å². The Morgan fingerprint density at radius 3 is 2.45 bits per heavy atom. The summed E-state index contributed by atoms with van der Waals surface area (Å²) in [5.41, 5.74) is 3.87. The van der Waals surface area contributed by atoms with Crippen LogP contribution in [0.4, 0.5) is 28.8 Å². The Bertz CT molecular complexity index is 1520. The van der Waals surface area contributed by atoms with E-state index in [1.54, 1.807) is 30.6 Å². The summed E-state index contributed by atoms with van der Waals surface area (Å²) >= 11 is 0. The second kappa shape index (κ2) is 12.0. The SMILES string of the molecule is C=CC(=O)Nc1ccc(C(=O)Nc2cccc(Nc3nc(NC4CCCCC4)nc4c3ncn4C(C)C)c2)cc1. The number of benzene rings is 2. The van der Waals surface area contributed by atoms with Gasteiger partial charge in [0.1, 0.15) is 0 Å². The van der Waals surface area contributed by atoms with Crippen LogP contribution in [-0.2, 0) is 4.79 Å². The number of fused-ring (bicyclic) bond motifs is 1. The Labute approximate surface area is 233 Å². The average molecular weight is 539 g/mol. The lowest BCUT2D eigenvalue weighted by Crippen LogP contribution is -2.23. The third kappa shape index (κ3) is 6.28. The normalized spacial score (nSPS) is 13.7. The monoisotopic (exact) mass is 538 g/mol. The Morgan fingerprint density at radius 1 is 0.975 bits per heavy atom. The molecule has 40 heavy (non-hydrogen) atoms. The molecule has 0 atom stereocenters. The molecule has 1 aliphatic carbocycles. The number of anilines is 5. The topological polar surface area (TPSA) is 126 Å². The number of nitrogens with one attached hydrogen (secondary N) is 4. The zero-order valence-electron chi connectivity index (χ0n) is 22.8. The molecule has 1 saturated carbocycles. The molecule has 2 amide bonds. The van der Waals surface area contributed by atoms with Crippen LogP contribution in [0.3, 0.4) is 0 Å². The van der Waals surface area contributed by atoms with Crippen LogP contribution in [0.15, 0.2) is 67.5 Å². The highest BCUT2D eigenvalue weighted by atomic mass is 16.2. The minimum Gasteiger partial charge on any atom is -0.351 e. The number of nitrogens with zero attached hydrogens (tertiary/aromatic N) is 4. The van der Waals surface area contributed by atoms with E-state index in [2.05, 4.69) is 46.7 Å². The molecule has 0 spiro atoms. The van der Waals surface area contributed by atoms with Gasteiger partial charge in [0.25, 0.3) is 5.91 Å². The van der Waals surface area contributed by atoms with E-state index in [-0.39, 0.29) is 17.9 Å². The zero-order chi connectivity index (χ0) is 28.1. The van der Waals surface area contributed by atoms with Gasteiger partial charge in [-0.05, 0) is 75.2 Å². The van der Waals surface area contributed by atoms with Crippen molar-refractivity contribution < 1.29 is 9.59 Å². The molecule has 2 aromatic carbocycles. The Hall–Kier alpha value is -4.73. The molecule has 0 bridgehead atoms. The third-order valence-electron chi connectivity index (χ3n) is 6.90. The van der Waals surface area contributed by atoms with E-state index < -0.39 is 0 Å². The predicted molar refractivity (Wildman–Crippen MR) is 159 cm³/mol. The van der Waals surface area contributed by atoms with E-state index in [1.165, 1.54) is 25.3 Å². The van der Waals surface area contributed by atoms with Crippen molar-refractivity contribution in [1.29, 1.82) is 0 Å². The molecular formula is C30H34N8O2. The van der Waals surface area contributed by atoms with Crippen LogP contribution < -0.4 is 21.3 Å². The first-order valence-corrected chi connectivity index (χ1v) is 13.6. The van der Waals surface area contributed by atoms with Crippen molar-refractivity contribution in [2.45, 2.75) is 58.0 Å². The lowest BCUT2D eigenvalue weighted by Gasteiger charge is -2.23. The van der Waals surface area contributed by atoms with Crippen LogP contribution in [-0.4, -0.2) is 37.4 Å². The number of amides is 2. The molecule has 5 rings (SSSR count). The predicted octanol–water partition coefficient (Wildman–Crippen LogP) is 6.27. The average Bonchev–Trinajstić information content (AvgIpc) is 3.39. The maximum Gasteiger partial charge on any atom is 0.255 e. The minimum absolute atomic E-state index is 0.196. The number of carbonyl (C=O) groups excluding carboxylic acids is 2. The zero-order valence-corrected chi connectivity index (χ0v) is 22.8. The largest absolute Gasteiger partial charge is 0.351 e. The Morgan fingerprint density at radius 2 is 1.73 bits per heavy atom. The van der Waals surface area contributed by atoms with Crippen LogP contribution in [0.5, 0.6) is 0 Å². The molecule has 2 heterocycles. The molecule has 0 aliphatic heterocycles. The van der Waals surface area contributed by atoms with Crippen LogP contribution in [0.25, 0.3) is 11.2 Å². The summed E-state index contributed by atoms with van der Waals surface area (Å²) in [5.74, 6) is 0.609. The standard InChI is InChI=1S/C30H34N8O2/c1-4-25(39)32-22-15-13-20(14-16-22)29(40)34-24-12-8-11-23(17-24)33-27-26-28(38(18-31-26)19(2)3)37-30(36-27)35-21-9-6-5-7-10-21/h4,8,11-19,21H,1,5-7,9-10H2,2-3H3,(H,32,39)(H,34,40)(H2,33,35,36,37). The fourth-order valence-corrected chi connectivity index (χ4v) is 4.79. The number of aromatic nitrogens is 4. The van der Waals surface area contributed by atoms with Crippen molar-refractivity contribution in [2.75, 3.05) is 21.3 Å². The molecule has 10 nitrogen and oxygen atoms in total. The summed E-state index contributed by atoms with van der Waals surface area (Å²) in [5, 5.41) is 12.5. The summed E-state index contributed by atoms with van der Waals surface area (Å²) in [4.78, 5) is 38.6. The molecule has 1 aliphatic rings. The number of hydrogen-bond donors (Lipinski definition) is 4. The highest BCUT2D eigenvalue weighted by Crippen LogP contribution is 2.28. The van der Waals surface area contributed by atoms with Gasteiger partial charge in [0.05, 0.1) is 6.33 Å². The lowest BCUT2D eigenvalue weighted by atomic mass is 9.96. The number of carbonyl (C=O) groups is 2. The fraction of sp³-hybridized carbons (Fsp3) is 0.300. The molecule has 1 fully saturated rings. The summed E-state index contributed by atoms with van der Waals surface area (Å²) in [6, 6.07) is 14.6. The van der Waals surface area contributed by atoms with E-state index in [9.17, 15) is 9.59 Å². The van der Waals surface area contributed by atoms with Gasteiger partial charge in [0, 0.05) is 34.7 Å². The first kappa shape index (κ1) is 26.9. The van der Waals surface area contributed by atoms with E-state index in [4.69, 9.17) is 9.97 Å². The molecular weight excluding hydrogens is 504 g/mol. The first-order valence-electron chi connectivity index (χ1n) is 13.6. The van der Waals surface area contributed by atoms with Crippen molar-refractivity contribution in [2.24, 2.45) is 0 Å². The number of imidazole rings is 1. The molecule has 0 radical (unpaired) electrons. The third-order valence-corrected chi connectivity index (χ3v) is 6.90. The van der Waals surface area contributed by atoms with Crippen LogP contribution in [0.2, 0.25) is 0 Å². The van der Waals surface area contributed by atoms with Gasteiger partial charge in [0.2, 0.25) is 11.9 Å². The molecule has 4 N–H and O–H groups in total. The molecule has 0 saturated heterocycles. The van der Waals surface area contributed by atoms with Crippen molar-refractivity contribution in [1.82, 2.24) is 19.5 Å². The smallest absolute Gasteiger partial charge is 0.255 e. The summed E-state index contributed by atoms with van der Waals surface area (Å²) in [6.45, 7) is 7.64. The Balaban J connectivity index is 1.35. The van der Waals surface area contributed by atoms with Gasteiger partial charge in [-0.15, -0.1) is 0 Å². The summed E-state index contributed by atoms with van der Waals surface area (Å²) < 4.78 is 2.04. The lowest BCUT2D eigenvalue weighted by molar-refractivity contribution is -0.111. The van der Waals surface area contributed by atoms with Gasteiger partial charge in [-0.1, -0.05) is 31.9 Å². The minimum atomic E-state index is -0.310. The molecule has 10 heteroatoms. The second-order valence-corrected chi connectivity index (χ2v) is 10.2. The van der Waals surface area contributed by atoms with Crippen molar-refractivity contribution >= 4 is 51.8 Å². The summed E-state index contributed by atoms with van der Waals surface area (Å²) in [6.07, 6.45) is 8.91. The molecule has 4 aromatic rings. The highest BCUT2D eigenvalue weighted by molar-refractivity contribution is 6.05. The van der Waals surface area contributed by atoms with Crippen LogP contribution in [0, 0.1) is 0 Å². The highest BCUT2D eigenvalue weighted by Gasteiger charge is 2.19. The van der Waals surface area contributed by atoms with E-state index in [1.807, 2.05) is 28.8 Å². The second-order valence-electron chi connectivity index (χ2n) is 10.2. The van der Waals surface area contributed by atoms with Gasteiger partial charge in [0.15, 0.2) is 17.0 Å². The number of rotatable bonds is 9. The Kier molecular flexibility index (Phi) is 8.04. The number of hydrogen-bond acceptors (Lipinski definition) is 7. The maximum atomic E-state index is 12.9. The van der Waals surface area contributed by atoms with E-state index >= 15 is 0 Å². The molecule has 0 unspecified atom stereocenters. The van der Waals surface area contributed by atoms with Crippen molar-refractivity contribution in [3.05, 3.63) is 73.1 Å². The van der Waals surface area contributed by atoms with Gasteiger partial charge in [-0.2, -0.15) is 9.97 Å². The van der Waals surface area contributed by atoms with Gasteiger partial charge >= 0.3 is 0 Å².